The average Bonchev–Trinajstić information content (AvgIpc) is 3.03. The zero-order chi connectivity index (χ0) is 22.0. The van der Waals surface area contributed by atoms with Crippen LogP contribution in [0, 0.1) is 5.41 Å². The van der Waals surface area contributed by atoms with E-state index in [0.29, 0.717) is 25.2 Å². The van der Waals surface area contributed by atoms with Crippen LogP contribution in [0.3, 0.4) is 0 Å². The maximum atomic E-state index is 13.0. The van der Waals surface area contributed by atoms with E-state index in [4.69, 9.17) is 0 Å². The van der Waals surface area contributed by atoms with Gasteiger partial charge in [0.25, 0.3) is 0 Å². The summed E-state index contributed by atoms with van der Waals surface area (Å²) in [5.41, 5.74) is 1.88. The normalized spacial score (nSPS) is 28.1. The molecule has 31 heavy (non-hydrogen) atoms. The molecular weight excluding hydrogens is 388 g/mol. The first-order valence-electron chi connectivity index (χ1n) is 11.7. The molecule has 0 bridgehead atoms. The lowest BCUT2D eigenvalue weighted by Crippen LogP contribution is -2.49. The summed E-state index contributed by atoms with van der Waals surface area (Å²) >= 11 is 0. The van der Waals surface area contributed by atoms with Gasteiger partial charge >= 0.3 is 6.03 Å². The monoisotopic (exact) mass is 424 g/mol. The number of anilines is 1. The fourth-order valence-electron chi connectivity index (χ4n) is 5.21. The highest BCUT2D eigenvalue weighted by atomic mass is 16.2. The fraction of sp³-hybridized carbons (Fsp3) is 0.600. The molecule has 2 aliphatic heterocycles. The predicted molar refractivity (Wildman–Crippen MR) is 124 cm³/mol. The molecule has 4 rings (SSSR count). The standard InChI is InChI=1S/C25H36N4O2/c1-18(2)27-24(31)29-17-21-12-11-20(28(21)16-19-9-5-6-10-22(19)29)15-26-23(30)25(3)13-7-4-8-14-25/h4-7,9-10,18,20-21H,8,11-17H2,1-3H3,(H,26,30)(H,27,31). The highest BCUT2D eigenvalue weighted by Gasteiger charge is 2.40. The molecule has 2 N–H and O–H groups in total. The van der Waals surface area contributed by atoms with E-state index < -0.39 is 0 Å². The van der Waals surface area contributed by atoms with Gasteiger partial charge in [0, 0.05) is 43.4 Å². The molecule has 3 aliphatic rings. The lowest BCUT2D eigenvalue weighted by Gasteiger charge is -2.32. The van der Waals surface area contributed by atoms with Gasteiger partial charge in [0.1, 0.15) is 0 Å². The zero-order valence-electron chi connectivity index (χ0n) is 19.1. The van der Waals surface area contributed by atoms with E-state index in [2.05, 4.69) is 40.7 Å². The molecule has 6 heteroatoms. The Morgan fingerprint density at radius 2 is 2.00 bits per heavy atom. The summed E-state index contributed by atoms with van der Waals surface area (Å²) in [5.74, 6) is 0.174. The Morgan fingerprint density at radius 3 is 2.74 bits per heavy atom. The molecule has 3 atom stereocenters. The number of benzene rings is 1. The van der Waals surface area contributed by atoms with Gasteiger partial charge in [0.2, 0.25) is 5.91 Å². The van der Waals surface area contributed by atoms with Crippen molar-refractivity contribution in [1.29, 1.82) is 0 Å². The van der Waals surface area contributed by atoms with E-state index in [1.165, 1.54) is 5.56 Å². The SMILES string of the molecule is CC(C)NC(=O)N1CC2CCC(CNC(=O)C3(C)CC=CCC3)N2Cc2ccccc21. The number of carbonyl (C=O) groups excluding carboxylic acids is 2. The minimum absolute atomic E-state index is 0.0284. The lowest BCUT2D eigenvalue weighted by atomic mass is 9.78. The van der Waals surface area contributed by atoms with Crippen molar-refractivity contribution in [1.82, 2.24) is 15.5 Å². The Hall–Kier alpha value is -2.34. The van der Waals surface area contributed by atoms with Crippen LogP contribution in [-0.2, 0) is 11.3 Å². The van der Waals surface area contributed by atoms with E-state index in [1.807, 2.05) is 36.9 Å². The Kier molecular flexibility index (Phi) is 6.37. The Balaban J connectivity index is 1.47. The molecule has 3 unspecified atom stereocenters. The van der Waals surface area contributed by atoms with Gasteiger partial charge in [0.15, 0.2) is 0 Å². The number of hydrogen-bond donors (Lipinski definition) is 2. The van der Waals surface area contributed by atoms with Crippen LogP contribution in [-0.4, -0.2) is 48.1 Å². The molecule has 0 spiro atoms. The topological polar surface area (TPSA) is 64.7 Å². The third-order valence-electron chi connectivity index (χ3n) is 7.10. The maximum Gasteiger partial charge on any atom is 0.322 e. The van der Waals surface area contributed by atoms with Gasteiger partial charge in [-0.25, -0.2) is 4.79 Å². The highest BCUT2D eigenvalue weighted by molar-refractivity contribution is 5.93. The molecule has 1 aliphatic carbocycles. The number of nitrogens with zero attached hydrogens (tertiary/aromatic N) is 2. The third kappa shape index (κ3) is 4.64. The summed E-state index contributed by atoms with van der Waals surface area (Å²) < 4.78 is 0. The molecule has 0 aromatic heterocycles. The number of nitrogens with one attached hydrogen (secondary N) is 2. The number of urea groups is 1. The van der Waals surface area contributed by atoms with Crippen LogP contribution in [0.15, 0.2) is 36.4 Å². The summed E-state index contributed by atoms with van der Waals surface area (Å²) in [6, 6.07) is 8.89. The number of fused-ring (bicyclic) bond motifs is 2. The van der Waals surface area contributed by atoms with Crippen molar-refractivity contribution < 1.29 is 9.59 Å². The second-order valence-electron chi connectivity index (χ2n) is 9.89. The molecule has 1 saturated heterocycles. The number of hydrogen-bond acceptors (Lipinski definition) is 3. The van der Waals surface area contributed by atoms with Crippen molar-refractivity contribution >= 4 is 17.6 Å². The van der Waals surface area contributed by atoms with E-state index in [1.54, 1.807) is 0 Å². The molecule has 0 radical (unpaired) electrons. The molecule has 0 saturated carbocycles. The molecule has 3 amide bonds. The van der Waals surface area contributed by atoms with Crippen LogP contribution < -0.4 is 15.5 Å². The quantitative estimate of drug-likeness (QED) is 0.722. The summed E-state index contributed by atoms with van der Waals surface area (Å²) in [4.78, 5) is 30.3. The number of carbonyl (C=O) groups is 2. The summed E-state index contributed by atoms with van der Waals surface area (Å²) in [5, 5.41) is 6.32. The first kappa shape index (κ1) is 21.9. The van der Waals surface area contributed by atoms with E-state index in [0.717, 1.165) is 44.3 Å². The van der Waals surface area contributed by atoms with Gasteiger partial charge in [-0.2, -0.15) is 0 Å². The molecule has 1 aromatic carbocycles. The molecule has 168 valence electrons. The smallest absolute Gasteiger partial charge is 0.322 e. The number of amides is 3. The first-order chi connectivity index (χ1) is 14.9. The van der Waals surface area contributed by atoms with Crippen molar-refractivity contribution in [3.05, 3.63) is 42.0 Å². The number of rotatable bonds is 4. The van der Waals surface area contributed by atoms with E-state index in [9.17, 15) is 9.59 Å². The van der Waals surface area contributed by atoms with Crippen LogP contribution >= 0.6 is 0 Å². The minimum atomic E-state index is -0.288. The second-order valence-corrected chi connectivity index (χ2v) is 9.89. The van der Waals surface area contributed by atoms with Crippen LogP contribution in [0.5, 0.6) is 0 Å². The van der Waals surface area contributed by atoms with Crippen LogP contribution in [0.2, 0.25) is 0 Å². The van der Waals surface area contributed by atoms with Gasteiger partial charge in [-0.15, -0.1) is 0 Å². The van der Waals surface area contributed by atoms with E-state index in [-0.39, 0.29) is 23.4 Å². The molecule has 6 nitrogen and oxygen atoms in total. The van der Waals surface area contributed by atoms with Gasteiger partial charge in [-0.1, -0.05) is 37.3 Å². The number of para-hydroxylation sites is 1. The molecule has 1 aromatic rings. The molecular formula is C25H36N4O2. The van der Waals surface area contributed by atoms with Gasteiger partial charge in [0.05, 0.1) is 5.41 Å². The van der Waals surface area contributed by atoms with Crippen LogP contribution in [0.25, 0.3) is 0 Å². The predicted octanol–water partition coefficient (Wildman–Crippen LogP) is 3.82. The van der Waals surface area contributed by atoms with Crippen LogP contribution in [0.1, 0.15) is 58.4 Å². The largest absolute Gasteiger partial charge is 0.354 e. The first-order valence-corrected chi connectivity index (χ1v) is 11.7. The molecule has 2 heterocycles. The Bertz CT molecular complexity index is 852. The van der Waals surface area contributed by atoms with E-state index >= 15 is 0 Å². The molecule has 1 fully saturated rings. The van der Waals surface area contributed by atoms with Crippen LogP contribution in [0.4, 0.5) is 10.5 Å². The summed E-state index contributed by atoms with van der Waals surface area (Å²) in [6.45, 7) is 8.23. The van der Waals surface area contributed by atoms with Crippen molar-refractivity contribution in [2.75, 3.05) is 18.0 Å². The average molecular weight is 425 g/mol. The zero-order valence-corrected chi connectivity index (χ0v) is 19.1. The second kappa shape index (κ2) is 9.03. The van der Waals surface area contributed by atoms with Crippen molar-refractivity contribution in [2.24, 2.45) is 5.41 Å². The van der Waals surface area contributed by atoms with Crippen molar-refractivity contribution in [3.8, 4) is 0 Å². The Morgan fingerprint density at radius 1 is 1.19 bits per heavy atom. The van der Waals surface area contributed by atoms with Crippen molar-refractivity contribution in [3.63, 3.8) is 0 Å². The summed E-state index contributed by atoms with van der Waals surface area (Å²) in [7, 11) is 0. The Labute approximate surface area is 186 Å². The third-order valence-corrected chi connectivity index (χ3v) is 7.10. The number of allylic oxidation sites excluding steroid dienone is 2. The minimum Gasteiger partial charge on any atom is -0.354 e. The lowest BCUT2D eigenvalue weighted by molar-refractivity contribution is -0.130. The van der Waals surface area contributed by atoms with Gasteiger partial charge in [-0.05, 0) is 57.6 Å². The van der Waals surface area contributed by atoms with Gasteiger partial charge < -0.3 is 10.6 Å². The van der Waals surface area contributed by atoms with Gasteiger partial charge in [-0.3, -0.25) is 14.6 Å². The maximum absolute atomic E-state index is 13.0. The summed E-state index contributed by atoms with van der Waals surface area (Å²) in [6.07, 6.45) is 9.11. The highest BCUT2D eigenvalue weighted by Crippen LogP contribution is 2.35. The van der Waals surface area contributed by atoms with Crippen molar-refractivity contribution in [2.45, 2.75) is 77.5 Å². The fourth-order valence-corrected chi connectivity index (χ4v) is 5.21.